The Hall–Kier alpha value is -1.61. The molecule has 1 aliphatic rings. The highest BCUT2D eigenvalue weighted by Gasteiger charge is 2.18. The van der Waals surface area contributed by atoms with Crippen LogP contribution in [0.2, 0.25) is 0 Å². The number of nitrogens with two attached hydrogens (primary N) is 1. The van der Waals surface area contributed by atoms with Crippen LogP contribution in [0.5, 0.6) is 0 Å². The Morgan fingerprint density at radius 2 is 2.00 bits per heavy atom. The summed E-state index contributed by atoms with van der Waals surface area (Å²) in [5.74, 6) is 1.14. The first-order valence-electron chi connectivity index (χ1n) is 6.97. The predicted molar refractivity (Wildman–Crippen MR) is 88.5 cm³/mol. The number of hydrogen-bond donors (Lipinski definition) is 1. The second-order valence-electron chi connectivity index (χ2n) is 5.43. The van der Waals surface area contributed by atoms with Crippen molar-refractivity contribution in [2.45, 2.75) is 25.3 Å². The fourth-order valence-corrected chi connectivity index (χ4v) is 3.66. The molecule has 2 aromatic carbocycles. The molecule has 0 spiro atoms. The van der Waals surface area contributed by atoms with Crippen molar-refractivity contribution < 1.29 is 0 Å². The van der Waals surface area contributed by atoms with Crippen molar-refractivity contribution in [3.8, 4) is 0 Å². The highest BCUT2D eigenvalue weighted by Crippen LogP contribution is 2.37. The monoisotopic (exact) mass is 284 g/mol. The van der Waals surface area contributed by atoms with Crippen LogP contribution in [-0.4, -0.2) is 12.3 Å². The van der Waals surface area contributed by atoms with Gasteiger partial charge in [0, 0.05) is 29.4 Å². The molecule has 1 heterocycles. The third-order valence-corrected chi connectivity index (χ3v) is 4.85. The molecule has 0 amide bonds. The van der Waals surface area contributed by atoms with E-state index in [1.165, 1.54) is 27.3 Å². The molecule has 0 radical (unpaired) electrons. The van der Waals surface area contributed by atoms with E-state index < -0.39 is 0 Å². The van der Waals surface area contributed by atoms with Crippen LogP contribution in [0.25, 0.3) is 0 Å². The van der Waals surface area contributed by atoms with Gasteiger partial charge in [0.2, 0.25) is 0 Å². The topological polar surface area (TPSA) is 29.3 Å². The quantitative estimate of drug-likeness (QED) is 0.845. The Bertz CT molecular complexity index is 637. The standard InChI is InChI=1S/C17H20N2S/c1-12-3-4-13(2)14(9-12)11-19-7-8-20-17-6-5-15(18)10-16(17)19/h3-6,9-10H,7-8,11,18H2,1-2H3. The Morgan fingerprint density at radius 3 is 2.85 bits per heavy atom. The lowest BCUT2D eigenvalue weighted by Crippen LogP contribution is -2.29. The number of benzene rings is 2. The molecular formula is C17H20N2S. The fraction of sp³-hybridized carbons (Fsp3) is 0.294. The van der Waals surface area contributed by atoms with Gasteiger partial charge in [0.25, 0.3) is 0 Å². The van der Waals surface area contributed by atoms with Crippen molar-refractivity contribution in [2.24, 2.45) is 0 Å². The van der Waals surface area contributed by atoms with E-state index in [-0.39, 0.29) is 0 Å². The van der Waals surface area contributed by atoms with E-state index in [4.69, 9.17) is 5.73 Å². The van der Waals surface area contributed by atoms with Crippen molar-refractivity contribution in [1.82, 2.24) is 0 Å². The number of nitrogen functional groups attached to an aromatic ring is 1. The summed E-state index contributed by atoms with van der Waals surface area (Å²) in [7, 11) is 0. The van der Waals surface area contributed by atoms with Crippen molar-refractivity contribution in [1.29, 1.82) is 0 Å². The molecule has 0 atom stereocenters. The summed E-state index contributed by atoms with van der Waals surface area (Å²) < 4.78 is 0. The molecule has 1 aliphatic heterocycles. The summed E-state index contributed by atoms with van der Waals surface area (Å²) in [6, 6.07) is 12.9. The van der Waals surface area contributed by atoms with E-state index in [0.29, 0.717) is 0 Å². The second kappa shape index (κ2) is 5.41. The van der Waals surface area contributed by atoms with Crippen LogP contribution in [0.1, 0.15) is 16.7 Å². The number of hydrogen-bond acceptors (Lipinski definition) is 3. The van der Waals surface area contributed by atoms with Gasteiger partial charge in [-0.15, -0.1) is 11.8 Å². The molecule has 2 nitrogen and oxygen atoms in total. The van der Waals surface area contributed by atoms with Crippen LogP contribution in [0, 0.1) is 13.8 Å². The Balaban J connectivity index is 1.93. The normalized spacial score (nSPS) is 14.2. The number of anilines is 2. The summed E-state index contributed by atoms with van der Waals surface area (Å²) in [6.45, 7) is 6.38. The zero-order chi connectivity index (χ0) is 14.1. The zero-order valence-electron chi connectivity index (χ0n) is 12.0. The van der Waals surface area contributed by atoms with Crippen molar-refractivity contribution in [3.63, 3.8) is 0 Å². The molecule has 0 aromatic heterocycles. The molecule has 2 N–H and O–H groups in total. The minimum atomic E-state index is 0.845. The molecule has 0 saturated carbocycles. The molecule has 0 bridgehead atoms. The third kappa shape index (κ3) is 2.63. The summed E-state index contributed by atoms with van der Waals surface area (Å²) >= 11 is 1.92. The van der Waals surface area contributed by atoms with Crippen molar-refractivity contribution in [2.75, 3.05) is 22.9 Å². The molecule has 104 valence electrons. The molecule has 0 unspecified atom stereocenters. The minimum absolute atomic E-state index is 0.845. The fourth-order valence-electron chi connectivity index (χ4n) is 2.63. The molecular weight excluding hydrogens is 264 g/mol. The summed E-state index contributed by atoms with van der Waals surface area (Å²) in [6.07, 6.45) is 0. The maximum absolute atomic E-state index is 5.96. The number of thioether (sulfide) groups is 1. The lowest BCUT2D eigenvalue weighted by atomic mass is 10.0. The number of rotatable bonds is 2. The van der Waals surface area contributed by atoms with Crippen LogP contribution in [-0.2, 0) is 6.54 Å². The van der Waals surface area contributed by atoms with E-state index in [1.807, 2.05) is 17.8 Å². The average Bonchev–Trinajstić information content (AvgIpc) is 2.43. The van der Waals surface area contributed by atoms with Gasteiger partial charge < -0.3 is 10.6 Å². The van der Waals surface area contributed by atoms with Gasteiger partial charge in [0.1, 0.15) is 0 Å². The average molecular weight is 284 g/mol. The smallest absolute Gasteiger partial charge is 0.0528 e. The van der Waals surface area contributed by atoms with Gasteiger partial charge in [-0.3, -0.25) is 0 Å². The van der Waals surface area contributed by atoms with Crippen LogP contribution in [0.4, 0.5) is 11.4 Å². The number of aryl methyl sites for hydroxylation is 2. The highest BCUT2D eigenvalue weighted by atomic mass is 32.2. The Kier molecular flexibility index (Phi) is 3.62. The van der Waals surface area contributed by atoms with E-state index in [0.717, 1.165) is 24.5 Å². The van der Waals surface area contributed by atoms with Crippen molar-refractivity contribution in [3.05, 3.63) is 53.1 Å². The molecule has 2 aromatic rings. The number of fused-ring (bicyclic) bond motifs is 1. The zero-order valence-corrected chi connectivity index (χ0v) is 12.8. The van der Waals surface area contributed by atoms with Gasteiger partial charge in [-0.05, 0) is 43.2 Å². The lowest BCUT2D eigenvalue weighted by Gasteiger charge is -2.31. The van der Waals surface area contributed by atoms with E-state index in [2.05, 4.69) is 49.1 Å². The third-order valence-electron chi connectivity index (χ3n) is 3.81. The molecule has 0 fully saturated rings. The van der Waals surface area contributed by atoms with Crippen LogP contribution < -0.4 is 10.6 Å². The summed E-state index contributed by atoms with van der Waals surface area (Å²) in [4.78, 5) is 3.79. The largest absolute Gasteiger partial charge is 0.399 e. The van der Waals surface area contributed by atoms with Crippen LogP contribution in [0.3, 0.4) is 0 Å². The summed E-state index contributed by atoms with van der Waals surface area (Å²) in [5.41, 5.74) is 12.2. The van der Waals surface area contributed by atoms with Gasteiger partial charge in [0.15, 0.2) is 0 Å². The SMILES string of the molecule is Cc1ccc(C)c(CN2CCSc3ccc(N)cc32)c1. The highest BCUT2D eigenvalue weighted by molar-refractivity contribution is 7.99. The lowest BCUT2D eigenvalue weighted by molar-refractivity contribution is 0.813. The molecule has 0 saturated heterocycles. The number of nitrogens with zero attached hydrogens (tertiary/aromatic N) is 1. The van der Waals surface area contributed by atoms with Gasteiger partial charge in [0.05, 0.1) is 5.69 Å². The van der Waals surface area contributed by atoms with Gasteiger partial charge >= 0.3 is 0 Å². The van der Waals surface area contributed by atoms with E-state index in [9.17, 15) is 0 Å². The van der Waals surface area contributed by atoms with Gasteiger partial charge in [-0.2, -0.15) is 0 Å². The first kappa shape index (κ1) is 13.4. The van der Waals surface area contributed by atoms with Crippen molar-refractivity contribution >= 4 is 23.1 Å². The van der Waals surface area contributed by atoms with E-state index in [1.54, 1.807) is 0 Å². The molecule has 20 heavy (non-hydrogen) atoms. The van der Waals surface area contributed by atoms with E-state index >= 15 is 0 Å². The maximum atomic E-state index is 5.96. The second-order valence-corrected chi connectivity index (χ2v) is 6.56. The van der Waals surface area contributed by atoms with Crippen LogP contribution >= 0.6 is 11.8 Å². The summed E-state index contributed by atoms with van der Waals surface area (Å²) in [5, 5.41) is 0. The van der Waals surface area contributed by atoms with Crippen LogP contribution in [0.15, 0.2) is 41.3 Å². The van der Waals surface area contributed by atoms with Gasteiger partial charge in [-0.25, -0.2) is 0 Å². The maximum Gasteiger partial charge on any atom is 0.0528 e. The first-order chi connectivity index (χ1) is 9.63. The Morgan fingerprint density at radius 1 is 1.15 bits per heavy atom. The molecule has 3 heteroatoms. The minimum Gasteiger partial charge on any atom is -0.399 e. The molecule has 0 aliphatic carbocycles. The predicted octanol–water partition coefficient (Wildman–Crippen LogP) is 4.00. The molecule has 3 rings (SSSR count). The first-order valence-corrected chi connectivity index (χ1v) is 7.95. The Labute approximate surface area is 125 Å². The van der Waals surface area contributed by atoms with Gasteiger partial charge in [-0.1, -0.05) is 23.8 Å².